The molecular formula is C23H18FNO2. The van der Waals surface area contributed by atoms with Crippen molar-refractivity contribution in [2.45, 2.75) is 6.61 Å². The van der Waals surface area contributed by atoms with E-state index in [2.05, 4.69) is 6.07 Å². The van der Waals surface area contributed by atoms with E-state index in [-0.39, 0.29) is 5.82 Å². The highest BCUT2D eigenvalue weighted by Crippen LogP contribution is 2.30. The summed E-state index contributed by atoms with van der Waals surface area (Å²) in [6.07, 6.45) is 1.73. The molecule has 3 rings (SSSR count). The number of halogens is 1. The predicted octanol–water partition coefficient (Wildman–Crippen LogP) is 5.48. The molecule has 0 radical (unpaired) electrons. The van der Waals surface area contributed by atoms with E-state index >= 15 is 0 Å². The number of allylic oxidation sites excluding steroid dienone is 1. The molecule has 3 aromatic carbocycles. The monoisotopic (exact) mass is 359 g/mol. The van der Waals surface area contributed by atoms with Gasteiger partial charge in [0.25, 0.3) is 0 Å². The van der Waals surface area contributed by atoms with Gasteiger partial charge in [-0.05, 0) is 47.0 Å². The molecule has 0 aliphatic carbocycles. The van der Waals surface area contributed by atoms with Crippen LogP contribution in [0.25, 0.3) is 11.6 Å². The molecule has 0 bridgehead atoms. The van der Waals surface area contributed by atoms with E-state index in [9.17, 15) is 9.65 Å². The highest BCUT2D eigenvalue weighted by molar-refractivity contribution is 5.89. The third kappa shape index (κ3) is 4.74. The second-order valence-electron chi connectivity index (χ2n) is 5.86. The molecule has 134 valence electrons. The predicted molar refractivity (Wildman–Crippen MR) is 104 cm³/mol. The second-order valence-corrected chi connectivity index (χ2v) is 5.86. The van der Waals surface area contributed by atoms with E-state index in [1.807, 2.05) is 42.5 Å². The first kappa shape index (κ1) is 18.2. The van der Waals surface area contributed by atoms with Gasteiger partial charge >= 0.3 is 0 Å². The number of nitriles is 1. The minimum absolute atomic E-state index is 0.336. The maximum atomic E-state index is 13.1. The summed E-state index contributed by atoms with van der Waals surface area (Å²) in [5.74, 6) is 0.868. The minimum Gasteiger partial charge on any atom is -0.493 e. The number of benzene rings is 3. The van der Waals surface area contributed by atoms with Gasteiger partial charge in [-0.25, -0.2) is 4.39 Å². The van der Waals surface area contributed by atoms with E-state index in [1.165, 1.54) is 12.1 Å². The Labute approximate surface area is 157 Å². The van der Waals surface area contributed by atoms with Gasteiger partial charge in [0.15, 0.2) is 11.5 Å². The summed E-state index contributed by atoms with van der Waals surface area (Å²) in [5.41, 5.74) is 2.95. The summed E-state index contributed by atoms with van der Waals surface area (Å²) in [6, 6.07) is 23.3. The highest BCUT2D eigenvalue weighted by Gasteiger charge is 2.07. The van der Waals surface area contributed by atoms with Crippen LogP contribution in [0.15, 0.2) is 72.8 Å². The third-order valence-corrected chi connectivity index (χ3v) is 4.01. The van der Waals surface area contributed by atoms with Gasteiger partial charge in [0, 0.05) is 0 Å². The summed E-state index contributed by atoms with van der Waals surface area (Å²) >= 11 is 0. The van der Waals surface area contributed by atoms with Gasteiger partial charge in [-0.15, -0.1) is 0 Å². The van der Waals surface area contributed by atoms with Gasteiger partial charge in [0.2, 0.25) is 0 Å². The van der Waals surface area contributed by atoms with Crippen LogP contribution in [-0.2, 0) is 6.61 Å². The molecular weight excluding hydrogens is 341 g/mol. The van der Waals surface area contributed by atoms with Gasteiger partial charge in [-0.2, -0.15) is 5.26 Å². The highest BCUT2D eigenvalue weighted by atomic mass is 19.1. The summed E-state index contributed by atoms with van der Waals surface area (Å²) in [5, 5.41) is 9.43. The standard InChI is InChI=1S/C23H18FNO2/c1-26-23-14-18(13-20(15-25)19-8-10-21(24)11-9-19)7-12-22(23)27-16-17-5-3-2-4-6-17/h2-14H,16H2,1H3. The van der Waals surface area contributed by atoms with Crippen LogP contribution in [0.4, 0.5) is 4.39 Å². The molecule has 3 nitrogen and oxygen atoms in total. The summed E-state index contributed by atoms with van der Waals surface area (Å²) < 4.78 is 24.4. The van der Waals surface area contributed by atoms with Crippen molar-refractivity contribution in [2.75, 3.05) is 7.11 Å². The number of hydrogen-bond donors (Lipinski definition) is 0. The van der Waals surface area contributed by atoms with E-state index in [0.717, 1.165) is 11.1 Å². The van der Waals surface area contributed by atoms with Crippen LogP contribution < -0.4 is 9.47 Å². The van der Waals surface area contributed by atoms with Crippen molar-refractivity contribution in [3.8, 4) is 17.6 Å². The van der Waals surface area contributed by atoms with Gasteiger partial charge in [-0.3, -0.25) is 0 Å². The van der Waals surface area contributed by atoms with Gasteiger partial charge in [-0.1, -0.05) is 48.5 Å². The van der Waals surface area contributed by atoms with Crippen molar-refractivity contribution >= 4 is 11.6 Å². The average Bonchev–Trinajstić information content (AvgIpc) is 2.72. The van der Waals surface area contributed by atoms with Crippen LogP contribution in [0, 0.1) is 17.1 Å². The van der Waals surface area contributed by atoms with Crippen molar-refractivity contribution in [2.24, 2.45) is 0 Å². The molecule has 3 aromatic rings. The topological polar surface area (TPSA) is 42.2 Å². The van der Waals surface area contributed by atoms with Crippen LogP contribution in [0.3, 0.4) is 0 Å². The second kappa shape index (κ2) is 8.68. The largest absolute Gasteiger partial charge is 0.493 e. The van der Waals surface area contributed by atoms with Crippen molar-refractivity contribution in [3.63, 3.8) is 0 Å². The van der Waals surface area contributed by atoms with Crippen molar-refractivity contribution < 1.29 is 13.9 Å². The fourth-order valence-corrected chi connectivity index (χ4v) is 2.60. The maximum Gasteiger partial charge on any atom is 0.161 e. The van der Waals surface area contributed by atoms with E-state index in [0.29, 0.717) is 29.2 Å². The number of nitrogens with zero attached hydrogens (tertiary/aromatic N) is 1. The normalized spacial score (nSPS) is 10.9. The molecule has 0 amide bonds. The maximum absolute atomic E-state index is 13.1. The van der Waals surface area contributed by atoms with Gasteiger partial charge in [0.05, 0.1) is 18.8 Å². The Morgan fingerprint density at radius 3 is 2.41 bits per heavy atom. The molecule has 0 N–H and O–H groups in total. The van der Waals surface area contributed by atoms with Gasteiger partial charge < -0.3 is 9.47 Å². The lowest BCUT2D eigenvalue weighted by Crippen LogP contribution is -1.97. The number of rotatable bonds is 6. The number of ether oxygens (including phenoxy) is 2. The molecule has 0 aromatic heterocycles. The van der Waals surface area contributed by atoms with Gasteiger partial charge in [0.1, 0.15) is 12.4 Å². The molecule has 4 heteroatoms. The molecule has 0 saturated carbocycles. The molecule has 0 unspecified atom stereocenters. The number of hydrogen-bond acceptors (Lipinski definition) is 3. The molecule has 0 heterocycles. The third-order valence-electron chi connectivity index (χ3n) is 4.01. The SMILES string of the molecule is COc1cc(C=C(C#N)c2ccc(F)cc2)ccc1OCc1ccccc1. The average molecular weight is 359 g/mol. The Morgan fingerprint density at radius 2 is 1.74 bits per heavy atom. The van der Waals surface area contributed by atoms with Crippen molar-refractivity contribution in [3.05, 3.63) is 95.3 Å². The Kier molecular flexibility index (Phi) is 5.86. The molecule has 0 saturated heterocycles. The Bertz CT molecular complexity index is 974. The Morgan fingerprint density at radius 1 is 1.00 bits per heavy atom. The van der Waals surface area contributed by atoms with E-state index in [1.54, 1.807) is 31.4 Å². The summed E-state index contributed by atoms with van der Waals surface area (Å²) in [6.45, 7) is 0.436. The molecule has 0 atom stereocenters. The molecule has 27 heavy (non-hydrogen) atoms. The van der Waals surface area contributed by atoms with Crippen molar-refractivity contribution in [1.29, 1.82) is 5.26 Å². The zero-order valence-electron chi connectivity index (χ0n) is 14.9. The Balaban J connectivity index is 1.82. The van der Waals surface area contributed by atoms with E-state index in [4.69, 9.17) is 9.47 Å². The van der Waals surface area contributed by atoms with Crippen molar-refractivity contribution in [1.82, 2.24) is 0 Å². The first-order valence-electron chi connectivity index (χ1n) is 8.42. The minimum atomic E-state index is -0.336. The molecule has 0 aliphatic rings. The lowest BCUT2D eigenvalue weighted by Gasteiger charge is -2.11. The van der Waals surface area contributed by atoms with Crippen LogP contribution in [0.2, 0.25) is 0 Å². The number of methoxy groups -OCH3 is 1. The Hall–Kier alpha value is -3.58. The lowest BCUT2D eigenvalue weighted by molar-refractivity contribution is 0.284. The van der Waals surface area contributed by atoms with Crippen LogP contribution >= 0.6 is 0 Å². The fourth-order valence-electron chi connectivity index (χ4n) is 2.60. The van der Waals surface area contributed by atoms with Crippen LogP contribution in [0.1, 0.15) is 16.7 Å². The van der Waals surface area contributed by atoms with Crippen LogP contribution in [-0.4, -0.2) is 7.11 Å². The smallest absolute Gasteiger partial charge is 0.161 e. The lowest BCUT2D eigenvalue weighted by atomic mass is 10.0. The quantitative estimate of drug-likeness (QED) is 0.432. The van der Waals surface area contributed by atoms with E-state index < -0.39 is 0 Å². The summed E-state index contributed by atoms with van der Waals surface area (Å²) in [7, 11) is 1.57. The molecule has 0 fully saturated rings. The molecule has 0 spiro atoms. The zero-order valence-corrected chi connectivity index (χ0v) is 14.9. The first-order valence-corrected chi connectivity index (χ1v) is 8.42. The summed E-state index contributed by atoms with van der Waals surface area (Å²) in [4.78, 5) is 0. The fraction of sp³-hybridized carbons (Fsp3) is 0.0870. The zero-order chi connectivity index (χ0) is 19.1. The molecule has 0 aliphatic heterocycles. The van der Waals surface area contributed by atoms with Crippen LogP contribution in [0.5, 0.6) is 11.5 Å². The first-order chi connectivity index (χ1) is 13.2.